The number of hydrogen-bond acceptors (Lipinski definition) is 4. The minimum Gasteiger partial charge on any atom is -0.354 e. The van der Waals surface area contributed by atoms with Gasteiger partial charge in [0.15, 0.2) is 0 Å². The van der Waals surface area contributed by atoms with E-state index in [2.05, 4.69) is 5.32 Å². The van der Waals surface area contributed by atoms with Crippen molar-refractivity contribution < 1.29 is 22.4 Å². The zero-order valence-electron chi connectivity index (χ0n) is 18.6. The second kappa shape index (κ2) is 11.6. The molecule has 0 aliphatic carbocycles. The minimum absolute atomic E-state index is 0.174. The number of rotatable bonds is 11. The normalized spacial score (nSPS) is 12.1. The van der Waals surface area contributed by atoms with Crippen LogP contribution in [0, 0.1) is 5.82 Å². The van der Waals surface area contributed by atoms with Crippen molar-refractivity contribution in [2.45, 2.75) is 32.7 Å². The molecule has 174 valence electrons. The lowest BCUT2D eigenvalue weighted by molar-refractivity contribution is -0.138. The third kappa shape index (κ3) is 7.33. The van der Waals surface area contributed by atoms with E-state index in [1.807, 2.05) is 37.3 Å². The Hall–Kier alpha value is -2.94. The summed E-state index contributed by atoms with van der Waals surface area (Å²) < 4.78 is 39.0. The molecule has 32 heavy (non-hydrogen) atoms. The predicted molar refractivity (Wildman–Crippen MR) is 123 cm³/mol. The van der Waals surface area contributed by atoms with E-state index in [1.54, 1.807) is 6.92 Å². The van der Waals surface area contributed by atoms with E-state index >= 15 is 0 Å². The maximum atomic E-state index is 13.3. The number of amides is 2. The first-order valence-corrected chi connectivity index (χ1v) is 12.3. The maximum Gasteiger partial charge on any atom is 0.244 e. The number of nitrogens with one attached hydrogen (secondary N) is 1. The Morgan fingerprint density at radius 1 is 1.06 bits per heavy atom. The molecule has 0 aliphatic heterocycles. The Balaban J connectivity index is 2.27. The van der Waals surface area contributed by atoms with Crippen molar-refractivity contribution in [1.29, 1.82) is 0 Å². The molecule has 0 heterocycles. The van der Waals surface area contributed by atoms with Crippen LogP contribution in [0.15, 0.2) is 54.6 Å². The fourth-order valence-corrected chi connectivity index (χ4v) is 4.04. The number of nitrogens with zero attached hydrogens (tertiary/aromatic N) is 2. The van der Waals surface area contributed by atoms with Gasteiger partial charge in [0.2, 0.25) is 21.8 Å². The molecule has 0 aromatic heterocycles. The van der Waals surface area contributed by atoms with Gasteiger partial charge in [-0.3, -0.25) is 13.9 Å². The van der Waals surface area contributed by atoms with Crippen molar-refractivity contribution in [3.63, 3.8) is 0 Å². The molecule has 9 heteroatoms. The molecule has 0 fully saturated rings. The maximum absolute atomic E-state index is 13.3. The van der Waals surface area contributed by atoms with Crippen LogP contribution in [0.5, 0.6) is 0 Å². The topological polar surface area (TPSA) is 86.8 Å². The average Bonchev–Trinajstić information content (AvgIpc) is 2.76. The molecule has 2 aromatic rings. The van der Waals surface area contributed by atoms with E-state index in [1.165, 1.54) is 17.0 Å². The zero-order chi connectivity index (χ0) is 23.7. The summed E-state index contributed by atoms with van der Waals surface area (Å²) in [6, 6.07) is 13.6. The smallest absolute Gasteiger partial charge is 0.244 e. The molecule has 2 amide bonds. The summed E-state index contributed by atoms with van der Waals surface area (Å²) >= 11 is 0. The summed E-state index contributed by atoms with van der Waals surface area (Å²) in [6.45, 7) is 3.77. The Bertz CT molecular complexity index is 998. The Labute approximate surface area is 189 Å². The molecule has 1 N–H and O–H groups in total. The molecule has 0 bridgehead atoms. The number of anilines is 1. The summed E-state index contributed by atoms with van der Waals surface area (Å²) in [5.74, 6) is -1.34. The van der Waals surface area contributed by atoms with E-state index in [0.717, 1.165) is 34.7 Å². The first-order chi connectivity index (χ1) is 15.1. The van der Waals surface area contributed by atoms with Crippen molar-refractivity contribution in [2.24, 2.45) is 0 Å². The lowest BCUT2D eigenvalue weighted by atomic mass is 10.1. The third-order valence-corrected chi connectivity index (χ3v) is 6.14. The Morgan fingerprint density at radius 3 is 2.25 bits per heavy atom. The highest BCUT2D eigenvalue weighted by Crippen LogP contribution is 2.19. The Kier molecular flexibility index (Phi) is 9.19. The van der Waals surface area contributed by atoms with E-state index in [9.17, 15) is 22.4 Å². The number of halogens is 1. The van der Waals surface area contributed by atoms with E-state index in [0.29, 0.717) is 13.0 Å². The molecule has 0 saturated carbocycles. The van der Waals surface area contributed by atoms with E-state index in [-0.39, 0.29) is 18.1 Å². The molecule has 2 rings (SSSR count). The van der Waals surface area contributed by atoms with Gasteiger partial charge in [-0.2, -0.15) is 0 Å². The van der Waals surface area contributed by atoms with E-state index in [4.69, 9.17) is 0 Å². The van der Waals surface area contributed by atoms with Crippen LogP contribution in [-0.2, 0) is 26.0 Å². The molecule has 0 radical (unpaired) electrons. The highest BCUT2D eigenvalue weighted by atomic mass is 32.2. The second-order valence-electron chi connectivity index (χ2n) is 7.54. The van der Waals surface area contributed by atoms with Gasteiger partial charge in [-0.25, -0.2) is 12.8 Å². The first kappa shape index (κ1) is 25.3. The van der Waals surface area contributed by atoms with Crippen molar-refractivity contribution in [2.75, 3.05) is 30.2 Å². The summed E-state index contributed by atoms with van der Waals surface area (Å²) in [5.41, 5.74) is 1.17. The molecular weight excluding hydrogens is 433 g/mol. The van der Waals surface area contributed by atoms with Crippen molar-refractivity contribution >= 4 is 27.5 Å². The molecule has 0 aliphatic rings. The molecule has 0 spiro atoms. The summed E-state index contributed by atoms with van der Waals surface area (Å²) in [7, 11) is -3.82. The lowest BCUT2D eigenvalue weighted by Crippen LogP contribution is -2.52. The predicted octanol–water partition coefficient (Wildman–Crippen LogP) is 2.58. The van der Waals surface area contributed by atoms with Gasteiger partial charge in [-0.15, -0.1) is 0 Å². The number of carbonyl (C=O) groups excluding carboxylic acids is 2. The van der Waals surface area contributed by atoms with Crippen LogP contribution in [0.25, 0.3) is 0 Å². The average molecular weight is 464 g/mol. The molecule has 7 nitrogen and oxygen atoms in total. The van der Waals surface area contributed by atoms with Crippen LogP contribution in [0.3, 0.4) is 0 Å². The van der Waals surface area contributed by atoms with Gasteiger partial charge in [0.1, 0.15) is 18.4 Å². The molecule has 0 unspecified atom stereocenters. The van der Waals surface area contributed by atoms with Gasteiger partial charge >= 0.3 is 0 Å². The van der Waals surface area contributed by atoms with Gasteiger partial charge in [0.25, 0.3) is 0 Å². The highest BCUT2D eigenvalue weighted by molar-refractivity contribution is 7.92. The van der Waals surface area contributed by atoms with Crippen LogP contribution in [0.4, 0.5) is 10.1 Å². The quantitative estimate of drug-likeness (QED) is 0.555. The van der Waals surface area contributed by atoms with Gasteiger partial charge in [-0.1, -0.05) is 37.3 Å². The van der Waals surface area contributed by atoms with E-state index < -0.39 is 34.3 Å². The number of carbonyl (C=O) groups is 2. The molecular formula is C23H30FN3O4S. The SMILES string of the molecule is CCCNC(=O)[C@@H](C)N(CCc1ccccc1)C(=O)CN(c1ccc(F)cc1)S(C)(=O)=O. The van der Waals surface area contributed by atoms with Crippen LogP contribution < -0.4 is 9.62 Å². The van der Waals surface area contributed by atoms with Crippen molar-refractivity contribution in [1.82, 2.24) is 10.2 Å². The number of sulfonamides is 1. The molecule has 1 atom stereocenters. The summed E-state index contributed by atoms with van der Waals surface area (Å²) in [4.78, 5) is 27.2. The van der Waals surface area contributed by atoms with Crippen molar-refractivity contribution in [3.05, 3.63) is 66.0 Å². The van der Waals surface area contributed by atoms with Crippen LogP contribution in [0.1, 0.15) is 25.8 Å². The monoisotopic (exact) mass is 463 g/mol. The first-order valence-electron chi connectivity index (χ1n) is 10.5. The highest BCUT2D eigenvalue weighted by Gasteiger charge is 2.29. The standard InChI is InChI=1S/C23H30FN3O4S/c1-4-15-25-23(29)18(2)26(16-14-19-8-6-5-7-9-19)22(28)17-27(32(3,30)31)21-12-10-20(24)11-13-21/h5-13,18H,4,14-17H2,1-3H3,(H,25,29)/t18-/m1/s1. The molecule has 0 saturated heterocycles. The van der Waals surface area contributed by atoms with Crippen LogP contribution in [-0.4, -0.2) is 57.1 Å². The zero-order valence-corrected chi connectivity index (χ0v) is 19.4. The molecule has 2 aromatic carbocycles. The minimum atomic E-state index is -3.82. The third-order valence-electron chi connectivity index (χ3n) is 4.99. The van der Waals surface area contributed by atoms with Crippen LogP contribution in [0.2, 0.25) is 0 Å². The fourth-order valence-electron chi connectivity index (χ4n) is 3.19. The fraction of sp³-hybridized carbons (Fsp3) is 0.391. The lowest BCUT2D eigenvalue weighted by Gasteiger charge is -2.31. The Morgan fingerprint density at radius 2 is 1.69 bits per heavy atom. The largest absolute Gasteiger partial charge is 0.354 e. The van der Waals surface area contributed by atoms with Crippen molar-refractivity contribution in [3.8, 4) is 0 Å². The number of benzene rings is 2. The van der Waals surface area contributed by atoms with Gasteiger partial charge in [-0.05, 0) is 49.6 Å². The van der Waals surface area contributed by atoms with Gasteiger partial charge in [0.05, 0.1) is 11.9 Å². The van der Waals surface area contributed by atoms with Gasteiger partial charge in [0, 0.05) is 13.1 Å². The second-order valence-corrected chi connectivity index (χ2v) is 9.44. The number of hydrogen-bond donors (Lipinski definition) is 1. The summed E-state index contributed by atoms with van der Waals surface area (Å²) in [6.07, 6.45) is 2.24. The van der Waals surface area contributed by atoms with Gasteiger partial charge < -0.3 is 10.2 Å². The van der Waals surface area contributed by atoms with Crippen LogP contribution >= 0.6 is 0 Å². The summed E-state index contributed by atoms with van der Waals surface area (Å²) in [5, 5.41) is 2.78.